The minimum Gasteiger partial charge on any atom is -0.495 e. The molecule has 1 aromatic heterocycles. The van der Waals surface area contributed by atoms with Crippen LogP contribution in [-0.2, 0) is 4.79 Å². The zero-order chi connectivity index (χ0) is 29.7. The summed E-state index contributed by atoms with van der Waals surface area (Å²) >= 11 is 0.851. The van der Waals surface area contributed by atoms with Crippen LogP contribution in [0.2, 0.25) is 0 Å². The lowest BCUT2D eigenvalue weighted by Crippen LogP contribution is -2.49. The van der Waals surface area contributed by atoms with Gasteiger partial charge in [-0.2, -0.15) is 4.37 Å². The first-order valence-corrected chi connectivity index (χ1v) is 14.7. The third-order valence-electron chi connectivity index (χ3n) is 7.04. The average molecular weight is 578 g/mol. The highest BCUT2D eigenvalue weighted by atomic mass is 32.1. The largest absolute Gasteiger partial charge is 0.495 e. The van der Waals surface area contributed by atoms with Gasteiger partial charge in [0, 0.05) is 11.6 Å². The molecule has 218 valence electrons. The van der Waals surface area contributed by atoms with Gasteiger partial charge in [0.2, 0.25) is 5.91 Å². The van der Waals surface area contributed by atoms with Gasteiger partial charge >= 0.3 is 0 Å². The second kappa shape index (κ2) is 12.7. The van der Waals surface area contributed by atoms with E-state index in [0.717, 1.165) is 49.2 Å². The van der Waals surface area contributed by atoms with Crippen LogP contribution in [0.25, 0.3) is 0 Å². The highest BCUT2D eigenvalue weighted by Gasteiger charge is 2.38. The van der Waals surface area contributed by atoms with E-state index in [0.29, 0.717) is 17.0 Å². The van der Waals surface area contributed by atoms with Crippen molar-refractivity contribution in [2.75, 3.05) is 17.7 Å². The first-order chi connectivity index (χ1) is 19.5. The Morgan fingerprint density at radius 1 is 1.05 bits per heavy atom. The number of amides is 3. The normalized spacial score (nSPS) is 14.7. The molecule has 4 N–H and O–H groups in total. The first-order valence-electron chi connectivity index (χ1n) is 13.9. The van der Waals surface area contributed by atoms with E-state index in [2.05, 4.69) is 15.0 Å². The van der Waals surface area contributed by atoms with Crippen molar-refractivity contribution in [3.63, 3.8) is 0 Å². The highest BCUT2D eigenvalue weighted by Crippen LogP contribution is 2.38. The summed E-state index contributed by atoms with van der Waals surface area (Å²) in [6.45, 7) is 7.59. The zero-order valence-electron chi connectivity index (χ0n) is 24.3. The van der Waals surface area contributed by atoms with E-state index in [1.807, 2.05) is 52.0 Å². The Balaban J connectivity index is 1.81. The molecule has 1 atom stereocenters. The molecule has 0 radical (unpaired) electrons. The number of ether oxygens (including phenoxy) is 1. The molecule has 2 aromatic carbocycles. The fourth-order valence-corrected chi connectivity index (χ4v) is 5.76. The highest BCUT2D eigenvalue weighted by molar-refractivity contribution is 7.09. The Kier molecular flexibility index (Phi) is 9.32. The summed E-state index contributed by atoms with van der Waals surface area (Å²) in [5.41, 5.74) is 7.90. The third kappa shape index (κ3) is 7.05. The van der Waals surface area contributed by atoms with Crippen LogP contribution in [0.15, 0.2) is 48.5 Å². The fraction of sp³-hybridized carbons (Fsp3) is 0.419. The van der Waals surface area contributed by atoms with Gasteiger partial charge in [0.25, 0.3) is 11.8 Å². The molecule has 0 bridgehead atoms. The molecule has 0 aliphatic heterocycles. The maximum Gasteiger partial charge on any atom is 0.273 e. The second-order valence-corrected chi connectivity index (χ2v) is 12.3. The van der Waals surface area contributed by atoms with Gasteiger partial charge in [-0.25, -0.2) is 0 Å². The van der Waals surface area contributed by atoms with E-state index in [9.17, 15) is 14.4 Å². The van der Waals surface area contributed by atoms with Crippen LogP contribution in [0.3, 0.4) is 0 Å². The van der Waals surface area contributed by atoms with E-state index in [-0.39, 0.29) is 28.2 Å². The Morgan fingerprint density at radius 3 is 2.34 bits per heavy atom. The molecule has 1 saturated carbocycles. The lowest BCUT2D eigenvalue weighted by molar-refractivity contribution is -0.123. The van der Waals surface area contributed by atoms with Crippen LogP contribution in [0.1, 0.15) is 90.2 Å². The average Bonchev–Trinajstić information content (AvgIpc) is 3.33. The number of nitrogens with two attached hydrogens (primary N) is 1. The van der Waals surface area contributed by atoms with Crippen molar-refractivity contribution < 1.29 is 19.1 Å². The van der Waals surface area contributed by atoms with Crippen LogP contribution in [0.5, 0.6) is 5.75 Å². The van der Waals surface area contributed by atoms with Gasteiger partial charge in [-0.1, -0.05) is 61.2 Å². The number of hydrogen-bond acceptors (Lipinski definition) is 7. The summed E-state index contributed by atoms with van der Waals surface area (Å²) in [6, 6.07) is 13.4. The standard InChI is InChI=1S/C31H39N5O4S/c1-19-15-17-20(18-16-19)26(29(38)34-31(2,3)4)36(22-13-9-10-14-23(22)40-5)30(39)27-24(32)25(35-41-27)28(37)33-21-11-7-6-8-12-21/h9-10,13-18,21,26H,6-8,11-12,32H2,1-5H3,(H,33,37)(H,34,38)/t26-/m1/s1. The van der Waals surface area contributed by atoms with E-state index in [1.54, 1.807) is 24.3 Å². The molecule has 0 spiro atoms. The van der Waals surface area contributed by atoms with Crippen LogP contribution >= 0.6 is 11.5 Å². The molecule has 1 fully saturated rings. The number of carbonyl (C=O) groups is 3. The molecule has 3 amide bonds. The summed E-state index contributed by atoms with van der Waals surface area (Å²) in [7, 11) is 1.51. The van der Waals surface area contributed by atoms with Crippen molar-refractivity contribution in [1.82, 2.24) is 15.0 Å². The van der Waals surface area contributed by atoms with Crippen molar-refractivity contribution in [3.8, 4) is 5.75 Å². The number of rotatable bonds is 8. The SMILES string of the molecule is COc1ccccc1N(C(=O)c1snc(C(=O)NC2CCCCC2)c1N)[C@@H](C(=O)NC(C)(C)C)c1ccc(C)cc1. The van der Waals surface area contributed by atoms with Crippen LogP contribution in [0.4, 0.5) is 11.4 Å². The molecular formula is C31H39N5O4S. The van der Waals surface area contributed by atoms with Crippen molar-refractivity contribution in [1.29, 1.82) is 0 Å². The molecule has 3 aromatic rings. The van der Waals surface area contributed by atoms with Gasteiger partial charge in [0.1, 0.15) is 16.7 Å². The summed E-state index contributed by atoms with van der Waals surface area (Å²) < 4.78 is 9.92. The first kappa shape index (κ1) is 30.0. The van der Waals surface area contributed by atoms with Gasteiger partial charge in [0.05, 0.1) is 18.5 Å². The number of carbonyl (C=O) groups excluding carboxylic acids is 3. The Bertz CT molecular complexity index is 1390. The van der Waals surface area contributed by atoms with Crippen molar-refractivity contribution in [3.05, 3.63) is 70.2 Å². The predicted molar refractivity (Wildman–Crippen MR) is 162 cm³/mol. The van der Waals surface area contributed by atoms with Gasteiger partial charge in [0.15, 0.2) is 5.69 Å². The number of nitrogens with zero attached hydrogens (tertiary/aromatic N) is 2. The van der Waals surface area contributed by atoms with E-state index >= 15 is 0 Å². The smallest absolute Gasteiger partial charge is 0.273 e. The van der Waals surface area contributed by atoms with Crippen LogP contribution in [0, 0.1) is 6.92 Å². The van der Waals surface area contributed by atoms with Crippen molar-refractivity contribution >= 4 is 40.6 Å². The maximum atomic E-state index is 14.5. The summed E-state index contributed by atoms with van der Waals surface area (Å²) in [5.74, 6) is -0.927. The lowest BCUT2D eigenvalue weighted by Gasteiger charge is -2.34. The molecule has 9 nitrogen and oxygen atoms in total. The molecule has 4 rings (SSSR count). The lowest BCUT2D eigenvalue weighted by atomic mass is 9.95. The van der Waals surface area contributed by atoms with E-state index < -0.39 is 23.4 Å². The minimum atomic E-state index is -1.07. The Hall–Kier alpha value is -3.92. The van der Waals surface area contributed by atoms with Crippen molar-refractivity contribution in [2.45, 2.75) is 77.4 Å². The zero-order valence-corrected chi connectivity index (χ0v) is 25.1. The number of nitrogens with one attached hydrogen (secondary N) is 2. The number of para-hydroxylation sites is 2. The quantitative estimate of drug-likeness (QED) is 0.329. The number of benzene rings is 2. The number of aromatic nitrogens is 1. The maximum absolute atomic E-state index is 14.5. The molecule has 1 heterocycles. The molecule has 10 heteroatoms. The van der Waals surface area contributed by atoms with Gasteiger partial charge < -0.3 is 21.1 Å². The molecule has 0 unspecified atom stereocenters. The van der Waals surface area contributed by atoms with E-state index in [1.165, 1.54) is 12.0 Å². The Morgan fingerprint density at radius 2 is 1.71 bits per heavy atom. The van der Waals surface area contributed by atoms with Crippen molar-refractivity contribution in [2.24, 2.45) is 0 Å². The summed E-state index contributed by atoms with van der Waals surface area (Å²) in [4.78, 5) is 43.0. The predicted octanol–water partition coefficient (Wildman–Crippen LogP) is 5.41. The number of methoxy groups -OCH3 is 1. The molecular weight excluding hydrogens is 538 g/mol. The molecule has 1 aliphatic rings. The number of anilines is 2. The van der Waals surface area contributed by atoms with Gasteiger partial charge in [-0.3, -0.25) is 19.3 Å². The fourth-order valence-electron chi connectivity index (χ4n) is 5.02. The number of nitrogen functional groups attached to an aromatic ring is 1. The molecule has 41 heavy (non-hydrogen) atoms. The monoisotopic (exact) mass is 577 g/mol. The topological polar surface area (TPSA) is 127 Å². The van der Waals surface area contributed by atoms with E-state index in [4.69, 9.17) is 10.5 Å². The van der Waals surface area contributed by atoms with Crippen LogP contribution in [-0.4, -0.2) is 40.8 Å². The molecule has 1 aliphatic carbocycles. The van der Waals surface area contributed by atoms with Gasteiger partial charge in [-0.05, 0) is 69.8 Å². The Labute approximate surface area is 245 Å². The van der Waals surface area contributed by atoms with Gasteiger partial charge in [-0.15, -0.1) is 0 Å². The summed E-state index contributed by atoms with van der Waals surface area (Å²) in [6.07, 6.45) is 5.10. The minimum absolute atomic E-state index is 0.00732. The number of hydrogen-bond donors (Lipinski definition) is 3. The number of aryl methyl sites for hydroxylation is 1. The molecule has 0 saturated heterocycles. The second-order valence-electron chi connectivity index (χ2n) is 11.5. The van der Waals surface area contributed by atoms with Crippen LogP contribution < -0.4 is 26.0 Å². The third-order valence-corrected chi connectivity index (χ3v) is 7.89. The summed E-state index contributed by atoms with van der Waals surface area (Å²) in [5, 5.41) is 6.05.